The van der Waals surface area contributed by atoms with Crippen LogP contribution < -0.4 is 5.32 Å². The summed E-state index contributed by atoms with van der Waals surface area (Å²) in [5, 5.41) is 5.79. The molecule has 0 saturated heterocycles. The van der Waals surface area contributed by atoms with E-state index in [9.17, 15) is 8.78 Å². The number of hydrogen-bond donors (Lipinski definition) is 1. The molecule has 1 aromatic carbocycles. The molecule has 2 aromatic rings. The van der Waals surface area contributed by atoms with Crippen molar-refractivity contribution in [2.75, 3.05) is 0 Å². The maximum Gasteiger partial charge on any atom is 0.135 e. The van der Waals surface area contributed by atoms with Gasteiger partial charge in [-0.25, -0.2) is 13.8 Å². The van der Waals surface area contributed by atoms with Crippen LogP contribution in [-0.2, 0) is 6.54 Å². The second-order valence-corrected chi connectivity index (χ2v) is 6.27. The molecule has 2 rings (SSSR count). The Balaban J connectivity index is 2.22. The molecule has 1 N–H and O–H groups in total. The Morgan fingerprint density at radius 3 is 2.42 bits per heavy atom. The average molecular weight is 282 g/mol. The van der Waals surface area contributed by atoms with E-state index in [4.69, 9.17) is 0 Å². The Morgan fingerprint density at radius 1 is 1.21 bits per heavy atom. The maximum absolute atomic E-state index is 13.6. The topological polar surface area (TPSA) is 24.9 Å². The zero-order chi connectivity index (χ0) is 14.0. The number of halogens is 2. The van der Waals surface area contributed by atoms with Crippen molar-refractivity contribution < 1.29 is 8.78 Å². The summed E-state index contributed by atoms with van der Waals surface area (Å²) in [6.45, 7) is 6.75. The van der Waals surface area contributed by atoms with E-state index in [1.165, 1.54) is 29.5 Å². The highest BCUT2D eigenvalue weighted by molar-refractivity contribution is 7.09. The first kappa shape index (κ1) is 14.1. The molecule has 0 fully saturated rings. The van der Waals surface area contributed by atoms with Crippen LogP contribution in [0.15, 0.2) is 23.6 Å². The Hall–Kier alpha value is -1.33. The third-order valence-electron chi connectivity index (χ3n) is 2.54. The van der Waals surface area contributed by atoms with Gasteiger partial charge < -0.3 is 5.32 Å². The second kappa shape index (κ2) is 5.35. The van der Waals surface area contributed by atoms with Crippen LogP contribution in [0.2, 0.25) is 0 Å². The summed E-state index contributed by atoms with van der Waals surface area (Å²) in [6, 6.07) is 3.83. The summed E-state index contributed by atoms with van der Waals surface area (Å²) in [5.41, 5.74) is 0.279. The molecule has 0 amide bonds. The van der Waals surface area contributed by atoms with Crippen molar-refractivity contribution in [2.45, 2.75) is 32.9 Å². The summed E-state index contributed by atoms with van der Waals surface area (Å²) in [7, 11) is 0. The fourth-order valence-corrected chi connectivity index (χ4v) is 2.31. The monoisotopic (exact) mass is 282 g/mol. The van der Waals surface area contributed by atoms with Crippen LogP contribution in [0.5, 0.6) is 0 Å². The summed E-state index contributed by atoms with van der Waals surface area (Å²) >= 11 is 1.40. The Morgan fingerprint density at radius 2 is 1.84 bits per heavy atom. The highest BCUT2D eigenvalue weighted by Crippen LogP contribution is 2.27. The predicted octanol–water partition coefficient (Wildman–Crippen LogP) is 3.98. The lowest BCUT2D eigenvalue weighted by molar-refractivity contribution is 0.424. The molecule has 0 aliphatic carbocycles. The van der Waals surface area contributed by atoms with Crippen LogP contribution in [0, 0.1) is 11.6 Å². The molecule has 5 heteroatoms. The van der Waals surface area contributed by atoms with Crippen molar-refractivity contribution in [3.05, 3.63) is 40.2 Å². The fourth-order valence-electron chi connectivity index (χ4n) is 1.59. The van der Waals surface area contributed by atoms with Crippen LogP contribution in [0.3, 0.4) is 0 Å². The molecule has 0 aliphatic rings. The lowest BCUT2D eigenvalue weighted by Crippen LogP contribution is -2.34. The first-order valence-corrected chi connectivity index (χ1v) is 6.88. The largest absolute Gasteiger partial charge is 0.306 e. The maximum atomic E-state index is 13.6. The summed E-state index contributed by atoms with van der Waals surface area (Å²) in [5.74, 6) is -1.17. The summed E-state index contributed by atoms with van der Waals surface area (Å²) in [4.78, 5) is 4.28. The van der Waals surface area contributed by atoms with E-state index in [1.807, 2.05) is 0 Å². The summed E-state index contributed by atoms with van der Waals surface area (Å²) in [6.07, 6.45) is 0. The highest BCUT2D eigenvalue weighted by atomic mass is 32.1. The molecule has 1 aromatic heterocycles. The van der Waals surface area contributed by atoms with Gasteiger partial charge in [0, 0.05) is 17.5 Å². The van der Waals surface area contributed by atoms with Gasteiger partial charge in [0.05, 0.1) is 11.3 Å². The predicted molar refractivity (Wildman–Crippen MR) is 74.1 cm³/mol. The number of benzene rings is 1. The van der Waals surface area contributed by atoms with E-state index < -0.39 is 11.6 Å². The van der Waals surface area contributed by atoms with Crippen molar-refractivity contribution in [1.82, 2.24) is 10.3 Å². The minimum atomic E-state index is -0.583. The van der Waals surface area contributed by atoms with E-state index in [0.717, 1.165) is 5.01 Å². The minimum absolute atomic E-state index is 0.0188. The van der Waals surface area contributed by atoms with Crippen LogP contribution in [0.1, 0.15) is 25.8 Å². The van der Waals surface area contributed by atoms with E-state index >= 15 is 0 Å². The molecule has 0 unspecified atom stereocenters. The van der Waals surface area contributed by atoms with Gasteiger partial charge >= 0.3 is 0 Å². The van der Waals surface area contributed by atoms with Crippen molar-refractivity contribution in [1.29, 1.82) is 0 Å². The van der Waals surface area contributed by atoms with Crippen molar-refractivity contribution in [2.24, 2.45) is 0 Å². The van der Waals surface area contributed by atoms with Gasteiger partial charge in [-0.05, 0) is 32.9 Å². The molecule has 0 spiro atoms. The number of nitrogens with zero attached hydrogens (tertiary/aromatic N) is 1. The number of thiazole rings is 1. The van der Waals surface area contributed by atoms with Crippen molar-refractivity contribution >= 4 is 11.3 Å². The van der Waals surface area contributed by atoms with E-state index in [1.54, 1.807) is 5.38 Å². The van der Waals surface area contributed by atoms with Crippen LogP contribution in [0.4, 0.5) is 8.78 Å². The molecule has 0 saturated carbocycles. The molecule has 0 bridgehead atoms. The molecule has 1 heterocycles. The Labute approximate surface area is 115 Å². The standard InChI is InChI=1S/C14H16F2N2S/c1-14(2,3)17-7-12-18-11(8-19-12)13-9(15)5-4-6-10(13)16/h4-6,8,17H,7H2,1-3H3. The number of hydrogen-bond acceptors (Lipinski definition) is 3. The third kappa shape index (κ3) is 3.58. The molecule has 0 radical (unpaired) electrons. The zero-order valence-corrected chi connectivity index (χ0v) is 11.9. The minimum Gasteiger partial charge on any atom is -0.306 e. The first-order valence-electron chi connectivity index (χ1n) is 6.00. The quantitative estimate of drug-likeness (QED) is 0.921. The number of rotatable bonds is 3. The van der Waals surface area contributed by atoms with Crippen LogP contribution in [0.25, 0.3) is 11.3 Å². The fraction of sp³-hybridized carbons (Fsp3) is 0.357. The lowest BCUT2D eigenvalue weighted by atomic mass is 10.1. The number of nitrogens with one attached hydrogen (secondary N) is 1. The van der Waals surface area contributed by atoms with Crippen molar-refractivity contribution in [3.63, 3.8) is 0 Å². The van der Waals surface area contributed by atoms with Crippen LogP contribution in [-0.4, -0.2) is 10.5 Å². The molecule has 2 nitrogen and oxygen atoms in total. The van der Waals surface area contributed by atoms with Gasteiger partial charge in [-0.15, -0.1) is 11.3 Å². The molecule has 0 aliphatic heterocycles. The van der Waals surface area contributed by atoms with Gasteiger partial charge in [0.1, 0.15) is 16.6 Å². The molecule has 0 atom stereocenters. The van der Waals surface area contributed by atoms with Gasteiger partial charge in [-0.3, -0.25) is 0 Å². The van der Waals surface area contributed by atoms with Gasteiger partial charge in [0.25, 0.3) is 0 Å². The molecular weight excluding hydrogens is 266 g/mol. The van der Waals surface area contributed by atoms with Crippen molar-refractivity contribution in [3.8, 4) is 11.3 Å². The van der Waals surface area contributed by atoms with Gasteiger partial charge in [-0.1, -0.05) is 6.07 Å². The van der Waals surface area contributed by atoms with Crippen LogP contribution >= 0.6 is 11.3 Å². The average Bonchev–Trinajstić information content (AvgIpc) is 2.74. The van der Waals surface area contributed by atoms with E-state index in [2.05, 4.69) is 31.1 Å². The van der Waals surface area contributed by atoms with E-state index in [-0.39, 0.29) is 11.1 Å². The van der Waals surface area contributed by atoms with E-state index in [0.29, 0.717) is 12.2 Å². The van der Waals surface area contributed by atoms with Gasteiger partial charge in [0.15, 0.2) is 0 Å². The lowest BCUT2D eigenvalue weighted by Gasteiger charge is -2.19. The highest BCUT2D eigenvalue weighted by Gasteiger charge is 2.15. The molecule has 102 valence electrons. The molecular formula is C14H16F2N2S. The first-order chi connectivity index (χ1) is 8.87. The summed E-state index contributed by atoms with van der Waals surface area (Å²) < 4.78 is 27.3. The smallest absolute Gasteiger partial charge is 0.135 e. The zero-order valence-electron chi connectivity index (χ0n) is 11.1. The van der Waals surface area contributed by atoms with Gasteiger partial charge in [0.2, 0.25) is 0 Å². The Bertz CT molecular complexity index is 553. The normalized spacial score (nSPS) is 11.8. The van der Waals surface area contributed by atoms with Gasteiger partial charge in [-0.2, -0.15) is 0 Å². The second-order valence-electron chi connectivity index (χ2n) is 5.33. The third-order valence-corrected chi connectivity index (χ3v) is 3.39. The SMILES string of the molecule is CC(C)(C)NCc1nc(-c2c(F)cccc2F)cs1. The molecule has 19 heavy (non-hydrogen) atoms. The Kier molecular flexibility index (Phi) is 3.96. The number of aromatic nitrogens is 1.